The van der Waals surface area contributed by atoms with Crippen LogP contribution >= 0.6 is 0 Å². The van der Waals surface area contributed by atoms with E-state index < -0.39 is 0 Å². The second-order valence-corrected chi connectivity index (χ2v) is 11.9. The van der Waals surface area contributed by atoms with Crippen LogP contribution in [0.15, 0.2) is 106 Å². The van der Waals surface area contributed by atoms with Gasteiger partial charge in [0.15, 0.2) is 0 Å². The first-order valence-corrected chi connectivity index (χ1v) is 14.0. The molecule has 1 aliphatic carbocycles. The third kappa shape index (κ3) is 2.98. The topological polar surface area (TPSA) is 35.1 Å². The van der Waals surface area contributed by atoms with E-state index in [1.165, 1.54) is 33.0 Å². The van der Waals surface area contributed by atoms with Crippen molar-refractivity contribution in [3.8, 4) is 16.8 Å². The molecule has 0 saturated carbocycles. The minimum absolute atomic E-state index is 0.0184. The molecule has 2 aromatic heterocycles. The van der Waals surface area contributed by atoms with Crippen molar-refractivity contribution >= 4 is 43.7 Å². The zero-order valence-corrected chi connectivity index (χ0v) is 23.1. The average molecular weight is 520 g/mol. The number of hydrogen-bond donors (Lipinski definition) is 0. The number of fused-ring (bicyclic) bond motifs is 9. The molecule has 40 heavy (non-hydrogen) atoms. The van der Waals surface area contributed by atoms with E-state index >= 15 is 0 Å². The predicted molar refractivity (Wildman–Crippen MR) is 166 cm³/mol. The molecule has 8 rings (SSSR count). The van der Waals surface area contributed by atoms with Crippen molar-refractivity contribution in [2.24, 2.45) is 0 Å². The molecule has 3 heteroatoms. The Morgan fingerprint density at radius 3 is 2.35 bits per heavy atom. The third-order valence-electron chi connectivity index (χ3n) is 8.96. The van der Waals surface area contributed by atoms with Gasteiger partial charge in [0.25, 0.3) is 0 Å². The first-order chi connectivity index (χ1) is 19.3. The van der Waals surface area contributed by atoms with E-state index in [0.717, 1.165) is 22.3 Å². The Kier molecular flexibility index (Phi) is 4.63. The van der Waals surface area contributed by atoms with Crippen LogP contribution in [0, 0.1) is 0 Å². The monoisotopic (exact) mass is 519 g/mol. The van der Waals surface area contributed by atoms with Crippen molar-refractivity contribution < 1.29 is 4.42 Å². The molecular weight excluding hydrogens is 490 g/mol. The fraction of sp³-hybridized carbons (Fsp3) is 0.162. The van der Waals surface area contributed by atoms with Gasteiger partial charge in [-0.1, -0.05) is 82.3 Å². The van der Waals surface area contributed by atoms with E-state index in [9.17, 15) is 4.79 Å². The predicted octanol–water partition coefficient (Wildman–Crippen LogP) is 9.47. The molecule has 194 valence electrons. The van der Waals surface area contributed by atoms with E-state index in [2.05, 4.69) is 105 Å². The summed E-state index contributed by atoms with van der Waals surface area (Å²) in [6.07, 6.45) is 0. The largest absolute Gasteiger partial charge is 0.456 e. The number of hydrogen-bond acceptors (Lipinski definition) is 2. The van der Waals surface area contributed by atoms with Crippen LogP contribution in [0.5, 0.6) is 0 Å². The number of para-hydroxylation sites is 1. The van der Waals surface area contributed by atoms with Gasteiger partial charge in [-0.05, 0) is 70.1 Å². The normalized spacial score (nSPS) is 14.0. The van der Waals surface area contributed by atoms with Crippen LogP contribution in [0.25, 0.3) is 60.6 Å². The van der Waals surface area contributed by atoms with Crippen LogP contribution < -0.4 is 5.43 Å². The lowest BCUT2D eigenvalue weighted by atomic mass is 9.80. The molecule has 0 N–H and O–H groups in total. The van der Waals surface area contributed by atoms with Crippen molar-refractivity contribution in [1.29, 1.82) is 0 Å². The molecular formula is C37H29NO2. The number of aromatic nitrogens is 1. The van der Waals surface area contributed by atoms with Crippen molar-refractivity contribution in [2.45, 2.75) is 39.0 Å². The lowest BCUT2D eigenvalue weighted by molar-refractivity contribution is 0.659. The van der Waals surface area contributed by atoms with Crippen LogP contribution in [0.4, 0.5) is 0 Å². The van der Waals surface area contributed by atoms with E-state index in [4.69, 9.17) is 4.42 Å². The Bertz CT molecular complexity index is 2240. The summed E-state index contributed by atoms with van der Waals surface area (Å²) in [5.41, 5.74) is 10.9. The molecule has 0 saturated heterocycles. The third-order valence-corrected chi connectivity index (χ3v) is 8.96. The zero-order valence-electron chi connectivity index (χ0n) is 23.1. The van der Waals surface area contributed by atoms with E-state index in [1.54, 1.807) is 0 Å². The minimum Gasteiger partial charge on any atom is -0.456 e. The molecule has 0 aliphatic heterocycles. The molecule has 2 heterocycles. The quantitative estimate of drug-likeness (QED) is 0.213. The molecule has 0 bridgehead atoms. The molecule has 0 radical (unpaired) electrons. The highest BCUT2D eigenvalue weighted by atomic mass is 16.3. The van der Waals surface area contributed by atoms with Crippen molar-refractivity contribution in [1.82, 2.24) is 4.57 Å². The van der Waals surface area contributed by atoms with Gasteiger partial charge < -0.3 is 8.98 Å². The Hall–Kier alpha value is -4.63. The van der Waals surface area contributed by atoms with Crippen LogP contribution in [-0.2, 0) is 5.41 Å². The summed E-state index contributed by atoms with van der Waals surface area (Å²) in [6, 6.07) is 33.9. The summed E-state index contributed by atoms with van der Waals surface area (Å²) in [4.78, 5) is 13.5. The number of rotatable bonds is 2. The standard InChI is InChI=1S/C37H29NO2/c1-21(2)22-13-18-32-28(19-22)36(39)27-15-14-23(20-33(27)40-32)38-30-12-8-6-10-26(30)34-31(38)17-16-25-24-9-5-7-11-29(24)37(3,4)35(25)34/h5-21H,1-4H3. The molecule has 0 fully saturated rings. The van der Waals surface area contributed by atoms with Crippen LogP contribution in [0.1, 0.15) is 50.3 Å². The van der Waals surface area contributed by atoms with E-state index in [1.807, 2.05) is 24.3 Å². The number of benzene rings is 5. The van der Waals surface area contributed by atoms with Gasteiger partial charge in [0.1, 0.15) is 11.2 Å². The van der Waals surface area contributed by atoms with Gasteiger partial charge in [0, 0.05) is 27.9 Å². The summed E-state index contributed by atoms with van der Waals surface area (Å²) in [7, 11) is 0. The smallest absolute Gasteiger partial charge is 0.200 e. The second kappa shape index (κ2) is 7.95. The van der Waals surface area contributed by atoms with Gasteiger partial charge in [0.05, 0.1) is 21.8 Å². The summed E-state index contributed by atoms with van der Waals surface area (Å²) >= 11 is 0. The Balaban J connectivity index is 1.43. The lowest BCUT2D eigenvalue weighted by Gasteiger charge is -2.22. The lowest BCUT2D eigenvalue weighted by Crippen LogP contribution is -2.15. The molecule has 1 aliphatic rings. The zero-order chi connectivity index (χ0) is 27.3. The van der Waals surface area contributed by atoms with Crippen LogP contribution in [0.2, 0.25) is 0 Å². The molecule has 0 spiro atoms. The van der Waals surface area contributed by atoms with Crippen LogP contribution in [0.3, 0.4) is 0 Å². The van der Waals surface area contributed by atoms with Gasteiger partial charge >= 0.3 is 0 Å². The van der Waals surface area contributed by atoms with Crippen LogP contribution in [-0.4, -0.2) is 4.57 Å². The first-order valence-electron chi connectivity index (χ1n) is 14.0. The maximum Gasteiger partial charge on any atom is 0.200 e. The molecule has 7 aromatic rings. The number of nitrogens with zero attached hydrogens (tertiary/aromatic N) is 1. The fourth-order valence-corrected chi connectivity index (χ4v) is 6.97. The Morgan fingerprint density at radius 1 is 0.700 bits per heavy atom. The van der Waals surface area contributed by atoms with Crippen molar-refractivity contribution in [2.75, 3.05) is 0 Å². The summed E-state index contributed by atoms with van der Waals surface area (Å²) in [5, 5.41) is 3.77. The Labute approximate surface area is 232 Å². The highest BCUT2D eigenvalue weighted by Gasteiger charge is 2.37. The van der Waals surface area contributed by atoms with Gasteiger partial charge in [-0.15, -0.1) is 0 Å². The van der Waals surface area contributed by atoms with Crippen molar-refractivity contribution in [3.05, 3.63) is 124 Å². The summed E-state index contributed by atoms with van der Waals surface area (Å²) in [6.45, 7) is 8.95. The highest BCUT2D eigenvalue weighted by Crippen LogP contribution is 2.53. The minimum atomic E-state index is -0.121. The first kappa shape index (κ1) is 23.3. The summed E-state index contributed by atoms with van der Waals surface area (Å²) < 4.78 is 8.68. The van der Waals surface area contributed by atoms with E-state index in [-0.39, 0.29) is 10.8 Å². The van der Waals surface area contributed by atoms with Gasteiger partial charge in [-0.3, -0.25) is 4.79 Å². The second-order valence-electron chi connectivity index (χ2n) is 11.9. The molecule has 0 atom stereocenters. The van der Waals surface area contributed by atoms with Crippen molar-refractivity contribution in [3.63, 3.8) is 0 Å². The van der Waals surface area contributed by atoms with Gasteiger partial charge in [0.2, 0.25) is 5.43 Å². The van der Waals surface area contributed by atoms with Gasteiger partial charge in [-0.2, -0.15) is 0 Å². The highest BCUT2D eigenvalue weighted by molar-refractivity contribution is 6.14. The Morgan fingerprint density at radius 2 is 1.50 bits per heavy atom. The average Bonchev–Trinajstić information content (AvgIpc) is 3.42. The maximum absolute atomic E-state index is 13.5. The van der Waals surface area contributed by atoms with Gasteiger partial charge in [-0.25, -0.2) is 0 Å². The van der Waals surface area contributed by atoms with E-state index in [0.29, 0.717) is 27.9 Å². The molecule has 3 nitrogen and oxygen atoms in total. The molecule has 5 aromatic carbocycles. The SMILES string of the molecule is CC(C)c1ccc2oc3cc(-n4c5ccccc5c5c6c(ccc54)-c4ccccc4C6(C)C)ccc3c(=O)c2c1. The maximum atomic E-state index is 13.5. The fourth-order valence-electron chi connectivity index (χ4n) is 6.97. The molecule has 0 unspecified atom stereocenters. The molecule has 0 amide bonds. The summed E-state index contributed by atoms with van der Waals surface area (Å²) in [5.74, 6) is 0.344.